The first-order valence-corrected chi connectivity index (χ1v) is 5.23. The Kier molecular flexibility index (Phi) is 3.05. The molecule has 13 heavy (non-hydrogen) atoms. The van der Waals surface area contributed by atoms with E-state index in [1.165, 1.54) is 0 Å². The minimum Gasteiger partial charge on any atom is -0.351 e. The van der Waals surface area contributed by atoms with Crippen molar-refractivity contribution >= 4 is 18.2 Å². The summed E-state index contributed by atoms with van der Waals surface area (Å²) in [7, 11) is 0. The summed E-state index contributed by atoms with van der Waals surface area (Å²) in [6, 6.07) is 0. The van der Waals surface area contributed by atoms with Crippen LogP contribution in [0, 0.1) is 0 Å². The first-order valence-electron chi connectivity index (χ1n) is 4.18. The third-order valence-electron chi connectivity index (χ3n) is 2.11. The van der Waals surface area contributed by atoms with E-state index in [0.717, 1.165) is 18.7 Å². The van der Waals surface area contributed by atoms with Crippen molar-refractivity contribution in [2.75, 3.05) is 25.7 Å². The quantitative estimate of drug-likeness (QED) is 0.622. The Bertz CT molecular complexity index is 187. The van der Waals surface area contributed by atoms with E-state index in [4.69, 9.17) is 9.47 Å². The lowest BCUT2D eigenvalue weighted by Gasteiger charge is -2.26. The summed E-state index contributed by atoms with van der Waals surface area (Å²) in [5.41, 5.74) is 0.0456. The Labute approximate surface area is 80.7 Å². The average molecular weight is 204 g/mol. The van der Waals surface area contributed by atoms with E-state index < -0.39 is 0 Å². The second kappa shape index (κ2) is 4.28. The summed E-state index contributed by atoms with van der Waals surface area (Å²) in [5.74, 6) is 1.02. The van der Waals surface area contributed by atoms with Crippen LogP contribution in [0.4, 0.5) is 0 Å². The third-order valence-corrected chi connectivity index (χ3v) is 3.25. The van der Waals surface area contributed by atoms with Crippen molar-refractivity contribution in [2.45, 2.75) is 11.7 Å². The number of hydrogen-bond acceptors (Lipinski definition) is 5. The van der Waals surface area contributed by atoms with Gasteiger partial charge in [-0.25, -0.2) is 4.90 Å². The molecule has 5 nitrogen and oxygen atoms in total. The highest BCUT2D eigenvalue weighted by molar-refractivity contribution is 8.00. The lowest BCUT2D eigenvalue weighted by atomic mass is 10.5. The monoisotopic (exact) mass is 204 g/mol. The van der Waals surface area contributed by atoms with Crippen molar-refractivity contribution in [3.8, 4) is 0 Å². The van der Waals surface area contributed by atoms with E-state index >= 15 is 0 Å². The maximum atomic E-state index is 10.3. The number of carbonyl (C=O) groups excluding carboxylic acids is 1. The van der Waals surface area contributed by atoms with Gasteiger partial charge in [-0.1, -0.05) is 0 Å². The van der Waals surface area contributed by atoms with Crippen molar-refractivity contribution in [1.29, 1.82) is 0 Å². The molecule has 2 aliphatic heterocycles. The van der Waals surface area contributed by atoms with Gasteiger partial charge >= 0.3 is 0 Å². The molecule has 2 unspecified atom stereocenters. The van der Waals surface area contributed by atoms with Gasteiger partial charge in [-0.2, -0.15) is 0 Å². The predicted octanol–water partition coefficient (Wildman–Crippen LogP) is -0.605. The number of hydrogen-bond donors (Lipinski definition) is 1. The van der Waals surface area contributed by atoms with Crippen molar-refractivity contribution in [2.24, 2.45) is 0 Å². The summed E-state index contributed by atoms with van der Waals surface area (Å²) in [6.45, 7) is 1.89. The van der Waals surface area contributed by atoms with Crippen LogP contribution in [0.2, 0.25) is 0 Å². The molecule has 2 rings (SSSR count). The Balaban J connectivity index is 1.91. The van der Waals surface area contributed by atoms with Crippen molar-refractivity contribution in [1.82, 2.24) is 10.2 Å². The zero-order chi connectivity index (χ0) is 9.10. The molecule has 2 aliphatic rings. The molecule has 6 heteroatoms. The van der Waals surface area contributed by atoms with Gasteiger partial charge < -0.3 is 14.8 Å². The second-order valence-corrected chi connectivity index (χ2v) is 4.04. The summed E-state index contributed by atoms with van der Waals surface area (Å²) < 4.78 is 10.5. The van der Waals surface area contributed by atoms with Gasteiger partial charge in [0.15, 0.2) is 0 Å². The molecule has 0 aromatic carbocycles. The fraction of sp³-hybridized carbons (Fsp3) is 0.857. The number of nitrogens with zero attached hydrogens (tertiary/aromatic N) is 1. The van der Waals surface area contributed by atoms with Crippen LogP contribution in [0.3, 0.4) is 0 Å². The minimum absolute atomic E-state index is 0.00690. The zero-order valence-corrected chi connectivity index (χ0v) is 7.96. The van der Waals surface area contributed by atoms with Gasteiger partial charge in [0, 0.05) is 12.3 Å². The number of ether oxygens (including phenoxy) is 2. The molecule has 0 spiro atoms. The second-order valence-electron chi connectivity index (χ2n) is 2.86. The number of thioether (sulfide) groups is 1. The lowest BCUT2D eigenvalue weighted by Crippen LogP contribution is -2.46. The molecule has 2 atom stereocenters. The molecule has 0 saturated carbocycles. The third kappa shape index (κ3) is 1.96. The van der Waals surface area contributed by atoms with E-state index in [2.05, 4.69) is 10.2 Å². The van der Waals surface area contributed by atoms with Crippen LogP contribution < -0.4 is 5.32 Å². The normalized spacial score (nSPS) is 35.1. The molecular formula is C7H12N2O3S. The van der Waals surface area contributed by atoms with E-state index in [1.807, 2.05) is 0 Å². The molecule has 0 aromatic rings. The Morgan fingerprint density at radius 1 is 1.62 bits per heavy atom. The Hall–Kier alpha value is -0.300. The van der Waals surface area contributed by atoms with Crippen LogP contribution in [-0.2, 0) is 14.3 Å². The van der Waals surface area contributed by atoms with Gasteiger partial charge in [-0.05, 0) is 0 Å². The number of amides is 1. The molecule has 1 N–H and O–H groups in total. The fourth-order valence-corrected chi connectivity index (χ4v) is 2.62. The largest absolute Gasteiger partial charge is 0.351 e. The Morgan fingerprint density at radius 3 is 3.23 bits per heavy atom. The van der Waals surface area contributed by atoms with Gasteiger partial charge in [0.05, 0.1) is 6.61 Å². The molecule has 0 aromatic heterocycles. The topological polar surface area (TPSA) is 50.8 Å². The molecule has 0 radical (unpaired) electrons. The highest BCUT2D eigenvalue weighted by atomic mass is 32.2. The number of nitrogens with one attached hydrogen (secondary N) is 1. The van der Waals surface area contributed by atoms with E-state index in [0.29, 0.717) is 13.4 Å². The highest BCUT2D eigenvalue weighted by Crippen LogP contribution is 2.25. The fourth-order valence-electron chi connectivity index (χ4n) is 1.49. The van der Waals surface area contributed by atoms with Crippen LogP contribution in [-0.4, -0.2) is 48.7 Å². The Morgan fingerprint density at radius 2 is 2.54 bits per heavy atom. The van der Waals surface area contributed by atoms with Crippen LogP contribution in [0.15, 0.2) is 0 Å². The van der Waals surface area contributed by atoms with Gasteiger partial charge in [0.25, 0.3) is 0 Å². The van der Waals surface area contributed by atoms with E-state index in [9.17, 15) is 4.79 Å². The molecule has 0 aliphatic carbocycles. The number of rotatable bonds is 3. The average Bonchev–Trinajstić information content (AvgIpc) is 2.71. The molecule has 2 fully saturated rings. The van der Waals surface area contributed by atoms with Crippen LogP contribution >= 0.6 is 11.8 Å². The first kappa shape index (κ1) is 9.26. The van der Waals surface area contributed by atoms with Crippen LogP contribution in [0.1, 0.15) is 0 Å². The highest BCUT2D eigenvalue weighted by Gasteiger charge is 2.33. The van der Waals surface area contributed by atoms with Crippen molar-refractivity contribution in [3.05, 3.63) is 0 Å². The molecule has 2 saturated heterocycles. The number of carbonyl (C=O) groups is 1. The molecular weight excluding hydrogens is 192 g/mol. The van der Waals surface area contributed by atoms with Crippen LogP contribution in [0.25, 0.3) is 0 Å². The van der Waals surface area contributed by atoms with E-state index in [-0.39, 0.29) is 11.7 Å². The predicted molar refractivity (Wildman–Crippen MR) is 47.8 cm³/mol. The van der Waals surface area contributed by atoms with Gasteiger partial charge in [0.2, 0.25) is 6.41 Å². The van der Waals surface area contributed by atoms with E-state index in [1.54, 1.807) is 11.8 Å². The maximum Gasteiger partial charge on any atom is 0.208 e. The SMILES string of the molecule is O=CNC1SCCN1C1COCO1. The molecule has 74 valence electrons. The summed E-state index contributed by atoms with van der Waals surface area (Å²) in [5, 5.41) is 2.74. The van der Waals surface area contributed by atoms with Gasteiger partial charge in [0.1, 0.15) is 18.5 Å². The van der Waals surface area contributed by atoms with Gasteiger partial charge in [-0.15, -0.1) is 11.8 Å². The zero-order valence-electron chi connectivity index (χ0n) is 7.14. The molecule has 1 amide bonds. The summed E-state index contributed by atoms with van der Waals surface area (Å²) in [4.78, 5) is 12.4. The smallest absolute Gasteiger partial charge is 0.208 e. The molecule has 0 bridgehead atoms. The summed E-state index contributed by atoms with van der Waals surface area (Å²) in [6.07, 6.45) is 0.735. The molecule has 2 heterocycles. The first-order chi connectivity index (χ1) is 6.42. The standard InChI is InChI=1S/C7H12N2O3S/c10-4-8-7-9(1-2-13-7)6-3-11-5-12-6/h4,6-7H,1-3,5H2,(H,8,10). The summed E-state index contributed by atoms with van der Waals surface area (Å²) >= 11 is 1.71. The maximum absolute atomic E-state index is 10.3. The van der Waals surface area contributed by atoms with Crippen molar-refractivity contribution < 1.29 is 14.3 Å². The minimum atomic E-state index is 0.00690. The van der Waals surface area contributed by atoms with Crippen LogP contribution in [0.5, 0.6) is 0 Å². The lowest BCUT2D eigenvalue weighted by molar-refractivity contribution is -0.111. The van der Waals surface area contributed by atoms with Crippen molar-refractivity contribution in [3.63, 3.8) is 0 Å². The van der Waals surface area contributed by atoms with Gasteiger partial charge in [-0.3, -0.25) is 4.79 Å².